The first-order chi connectivity index (χ1) is 13.2. The van der Waals surface area contributed by atoms with Gasteiger partial charge in [-0.3, -0.25) is 10.2 Å². The number of sulfonamides is 1. The molecule has 0 spiro atoms. The van der Waals surface area contributed by atoms with Crippen LogP contribution in [0, 0.1) is 18.3 Å². The number of hydrogen-bond donors (Lipinski definition) is 4. The number of urea groups is 1. The highest BCUT2D eigenvalue weighted by atomic mass is 32.2. The molecule has 0 saturated carbocycles. The summed E-state index contributed by atoms with van der Waals surface area (Å²) < 4.78 is 26.3. The number of aryl methyl sites for hydroxylation is 1. The second-order valence-electron chi connectivity index (χ2n) is 6.90. The molecule has 3 atom stereocenters. The van der Waals surface area contributed by atoms with Gasteiger partial charge in [-0.25, -0.2) is 22.9 Å². The van der Waals surface area contributed by atoms with Gasteiger partial charge in [0.1, 0.15) is 17.5 Å². The van der Waals surface area contributed by atoms with Gasteiger partial charge in [-0.1, -0.05) is 12.1 Å². The van der Waals surface area contributed by atoms with Crippen LogP contribution in [0.4, 0.5) is 10.5 Å². The van der Waals surface area contributed by atoms with Gasteiger partial charge in [0.05, 0.1) is 11.8 Å². The summed E-state index contributed by atoms with van der Waals surface area (Å²) in [6.07, 6.45) is 1.30. The maximum Gasteiger partial charge on any atom is 0.336 e. The van der Waals surface area contributed by atoms with E-state index in [4.69, 9.17) is 5.26 Å². The average Bonchev–Trinajstić information content (AvgIpc) is 2.64. The van der Waals surface area contributed by atoms with Crippen molar-refractivity contribution in [1.82, 2.24) is 20.5 Å². The minimum Gasteiger partial charge on any atom is -0.350 e. The largest absolute Gasteiger partial charge is 0.350 e. The standard InChI is InChI=1S/C17H22N6O4S/c1-10-4-3-5-14-16(10)28(26,27)23(17(25)20-14)9-15(24)19-11(2)13-7-6-12(8-18)21-22-13/h3-5,11-13,21-22H,6-7,9H2,1-2H3,(H,19,24)(H,20,25)/t11-,12?,13?/m0/s1. The summed E-state index contributed by atoms with van der Waals surface area (Å²) in [5.74, 6) is -0.590. The fourth-order valence-electron chi connectivity index (χ4n) is 3.35. The Kier molecular flexibility index (Phi) is 5.55. The minimum atomic E-state index is -4.13. The first kappa shape index (κ1) is 20.1. The van der Waals surface area contributed by atoms with Crippen LogP contribution >= 0.6 is 0 Å². The van der Waals surface area contributed by atoms with Gasteiger partial charge in [-0.2, -0.15) is 5.26 Å². The van der Waals surface area contributed by atoms with Crippen LogP contribution in [0.3, 0.4) is 0 Å². The fraction of sp³-hybridized carbons (Fsp3) is 0.471. The number of nitrogens with one attached hydrogen (secondary N) is 4. The molecule has 1 aromatic carbocycles. The van der Waals surface area contributed by atoms with Crippen LogP contribution in [0.1, 0.15) is 25.3 Å². The smallest absolute Gasteiger partial charge is 0.336 e. The molecular formula is C17H22N6O4S. The second kappa shape index (κ2) is 7.75. The molecule has 2 aliphatic rings. The molecule has 150 valence electrons. The van der Waals surface area contributed by atoms with Crippen molar-refractivity contribution in [2.45, 2.75) is 49.7 Å². The van der Waals surface area contributed by atoms with Crippen molar-refractivity contribution < 1.29 is 18.0 Å². The summed E-state index contributed by atoms with van der Waals surface area (Å²) in [6, 6.07) is 5.29. The van der Waals surface area contributed by atoms with Gasteiger partial charge < -0.3 is 10.6 Å². The number of benzene rings is 1. The molecule has 1 fully saturated rings. The van der Waals surface area contributed by atoms with E-state index >= 15 is 0 Å². The Morgan fingerprint density at radius 3 is 2.79 bits per heavy atom. The van der Waals surface area contributed by atoms with E-state index in [-0.39, 0.29) is 28.7 Å². The molecule has 3 amide bonds. The quantitative estimate of drug-likeness (QED) is 0.558. The van der Waals surface area contributed by atoms with Crippen LogP contribution in [0.25, 0.3) is 0 Å². The van der Waals surface area contributed by atoms with Crippen molar-refractivity contribution >= 4 is 27.6 Å². The van der Waals surface area contributed by atoms with Crippen LogP contribution in [-0.2, 0) is 14.8 Å². The number of carbonyl (C=O) groups is 2. The molecule has 3 rings (SSSR count). The Balaban J connectivity index is 1.68. The molecule has 0 radical (unpaired) electrons. The summed E-state index contributed by atoms with van der Waals surface area (Å²) in [6.45, 7) is 2.78. The van der Waals surface area contributed by atoms with Gasteiger partial charge in [0.25, 0.3) is 10.0 Å². The van der Waals surface area contributed by atoms with Crippen molar-refractivity contribution in [2.75, 3.05) is 11.9 Å². The van der Waals surface area contributed by atoms with Crippen molar-refractivity contribution in [2.24, 2.45) is 0 Å². The molecule has 0 aromatic heterocycles. The molecule has 2 heterocycles. The summed E-state index contributed by atoms with van der Waals surface area (Å²) in [5.41, 5.74) is 6.53. The molecule has 1 aromatic rings. The number of fused-ring (bicyclic) bond motifs is 1. The van der Waals surface area contributed by atoms with Crippen LogP contribution in [0.2, 0.25) is 0 Å². The van der Waals surface area contributed by atoms with Crippen molar-refractivity contribution in [3.05, 3.63) is 23.8 Å². The number of hydrazine groups is 1. The Morgan fingerprint density at radius 1 is 1.39 bits per heavy atom. The number of anilines is 1. The SMILES string of the molecule is Cc1cccc2c1S(=O)(=O)N(CC(=O)N[C@@H](C)C1CCC(C#N)NN1)C(=O)N2. The highest BCUT2D eigenvalue weighted by molar-refractivity contribution is 7.90. The molecule has 4 N–H and O–H groups in total. The van der Waals surface area contributed by atoms with E-state index in [9.17, 15) is 18.0 Å². The Morgan fingerprint density at radius 2 is 2.14 bits per heavy atom. The lowest BCUT2D eigenvalue weighted by Crippen LogP contribution is -2.59. The van der Waals surface area contributed by atoms with E-state index in [1.165, 1.54) is 6.07 Å². The molecule has 2 aliphatic heterocycles. The summed E-state index contributed by atoms with van der Waals surface area (Å²) in [5, 5.41) is 14.1. The van der Waals surface area contributed by atoms with Crippen molar-refractivity contribution in [1.29, 1.82) is 5.26 Å². The van der Waals surface area contributed by atoms with Crippen LogP contribution in [-0.4, -0.2) is 49.3 Å². The third-order valence-corrected chi connectivity index (χ3v) is 6.81. The summed E-state index contributed by atoms with van der Waals surface area (Å²) in [4.78, 5) is 24.7. The zero-order valence-electron chi connectivity index (χ0n) is 15.5. The lowest BCUT2D eigenvalue weighted by molar-refractivity contribution is -0.121. The molecule has 10 nitrogen and oxygen atoms in total. The first-order valence-electron chi connectivity index (χ1n) is 8.87. The zero-order chi connectivity index (χ0) is 20.5. The van der Waals surface area contributed by atoms with Gasteiger partial charge in [0.2, 0.25) is 5.91 Å². The van der Waals surface area contributed by atoms with Crippen LogP contribution in [0.15, 0.2) is 23.1 Å². The Hall–Kier alpha value is -2.68. The molecule has 0 aliphatic carbocycles. The van der Waals surface area contributed by atoms with E-state index < -0.39 is 28.5 Å². The first-order valence-corrected chi connectivity index (χ1v) is 10.3. The van der Waals surface area contributed by atoms with Crippen LogP contribution in [0.5, 0.6) is 0 Å². The third-order valence-electron chi connectivity index (χ3n) is 4.87. The normalized spacial score (nSPS) is 24.5. The molecular weight excluding hydrogens is 384 g/mol. The van der Waals surface area contributed by atoms with E-state index in [1.807, 2.05) is 0 Å². The highest BCUT2D eigenvalue weighted by Crippen LogP contribution is 2.32. The van der Waals surface area contributed by atoms with E-state index in [2.05, 4.69) is 27.6 Å². The zero-order valence-corrected chi connectivity index (χ0v) is 16.3. The number of rotatable bonds is 4. The lowest BCUT2D eigenvalue weighted by atomic mass is 10.00. The maximum absolute atomic E-state index is 12.9. The number of nitrogens with zero attached hydrogens (tertiary/aromatic N) is 2. The van der Waals surface area contributed by atoms with E-state index in [0.29, 0.717) is 22.7 Å². The van der Waals surface area contributed by atoms with Gasteiger partial charge in [0, 0.05) is 12.1 Å². The molecule has 28 heavy (non-hydrogen) atoms. The van der Waals surface area contributed by atoms with Crippen molar-refractivity contribution in [3.63, 3.8) is 0 Å². The number of carbonyl (C=O) groups excluding carboxylic acids is 2. The van der Waals surface area contributed by atoms with E-state index in [0.717, 1.165) is 0 Å². The molecule has 2 unspecified atom stereocenters. The average molecular weight is 406 g/mol. The van der Waals surface area contributed by atoms with Gasteiger partial charge in [-0.05, 0) is 38.3 Å². The molecule has 11 heteroatoms. The van der Waals surface area contributed by atoms with E-state index in [1.54, 1.807) is 26.0 Å². The predicted octanol–water partition coefficient (Wildman–Crippen LogP) is 0.185. The van der Waals surface area contributed by atoms with Gasteiger partial charge in [-0.15, -0.1) is 0 Å². The number of hydrogen-bond acceptors (Lipinski definition) is 7. The van der Waals surface area contributed by atoms with Crippen molar-refractivity contribution in [3.8, 4) is 6.07 Å². The third kappa shape index (κ3) is 3.80. The Bertz CT molecular complexity index is 933. The molecule has 0 bridgehead atoms. The topological polar surface area (TPSA) is 143 Å². The Labute approximate surface area is 163 Å². The second-order valence-corrected chi connectivity index (χ2v) is 8.70. The molecule has 1 saturated heterocycles. The minimum absolute atomic E-state index is 0.00357. The van der Waals surface area contributed by atoms with Crippen LogP contribution < -0.4 is 21.5 Å². The van der Waals surface area contributed by atoms with Gasteiger partial charge in [0.15, 0.2) is 0 Å². The predicted molar refractivity (Wildman–Crippen MR) is 100 cm³/mol. The monoisotopic (exact) mass is 406 g/mol. The maximum atomic E-state index is 12.9. The number of nitriles is 1. The highest BCUT2D eigenvalue weighted by Gasteiger charge is 2.39. The number of amides is 3. The fourth-order valence-corrected chi connectivity index (χ4v) is 4.99. The van der Waals surface area contributed by atoms with Gasteiger partial charge >= 0.3 is 6.03 Å². The summed E-state index contributed by atoms with van der Waals surface area (Å²) >= 11 is 0. The summed E-state index contributed by atoms with van der Waals surface area (Å²) in [7, 11) is -4.13. The lowest BCUT2D eigenvalue weighted by Gasteiger charge is -2.33.